The molecule has 0 unspecified atom stereocenters. The van der Waals surface area contributed by atoms with E-state index in [2.05, 4.69) is 36.9 Å². The molecule has 28 heavy (non-hydrogen) atoms. The molecule has 2 atom stereocenters. The Morgan fingerprint density at radius 1 is 1.29 bits per heavy atom. The van der Waals surface area contributed by atoms with Gasteiger partial charge < -0.3 is 10.7 Å². The highest BCUT2D eigenvalue weighted by Crippen LogP contribution is 2.38. The Balaban J connectivity index is 1.67. The number of nitrogens with one attached hydrogen (secondary N) is 2. The summed E-state index contributed by atoms with van der Waals surface area (Å²) in [6.07, 6.45) is 0. The average Bonchev–Trinajstić information content (AvgIpc) is 3.04. The summed E-state index contributed by atoms with van der Waals surface area (Å²) < 4.78 is 15.9. The third-order valence-electron chi connectivity index (χ3n) is 4.28. The van der Waals surface area contributed by atoms with Crippen LogP contribution in [0.25, 0.3) is 0 Å². The first-order valence-corrected chi connectivity index (χ1v) is 10.3. The summed E-state index contributed by atoms with van der Waals surface area (Å²) in [5, 5.41) is 11.5. The summed E-state index contributed by atoms with van der Waals surface area (Å²) in [6.45, 7) is 1.81. The number of rotatable bonds is 3. The van der Waals surface area contributed by atoms with Crippen LogP contribution in [0.3, 0.4) is 0 Å². The molecule has 1 aliphatic heterocycles. The van der Waals surface area contributed by atoms with Crippen LogP contribution in [-0.4, -0.2) is 26.0 Å². The van der Waals surface area contributed by atoms with Crippen molar-refractivity contribution in [3.8, 4) is 0 Å². The first-order chi connectivity index (χ1) is 13.4. The Morgan fingerprint density at radius 3 is 2.75 bits per heavy atom. The second kappa shape index (κ2) is 7.73. The Kier molecular flexibility index (Phi) is 5.31. The van der Waals surface area contributed by atoms with Crippen LogP contribution in [0.15, 0.2) is 52.1 Å². The number of benzene rings is 2. The Labute approximate surface area is 178 Å². The predicted octanol–water partition coefficient (Wildman–Crippen LogP) is 4.54. The van der Waals surface area contributed by atoms with Gasteiger partial charge in [0.05, 0.1) is 16.8 Å². The normalized spacial score (nSPS) is 18.3. The highest BCUT2D eigenvalue weighted by atomic mass is 79.9. The summed E-state index contributed by atoms with van der Waals surface area (Å²) in [5.74, 6) is 0.0865. The van der Waals surface area contributed by atoms with E-state index in [1.54, 1.807) is 35.0 Å². The molecule has 0 radical (unpaired) electrons. The van der Waals surface area contributed by atoms with Crippen LogP contribution in [0.2, 0.25) is 5.02 Å². The molecule has 2 N–H and O–H groups in total. The van der Waals surface area contributed by atoms with E-state index in [-0.39, 0.29) is 11.7 Å². The molecule has 2 aromatic carbocycles. The lowest BCUT2D eigenvalue weighted by atomic mass is 10.0. The number of amides is 1. The highest BCUT2D eigenvalue weighted by Gasteiger charge is 2.37. The second-order valence-electron chi connectivity index (χ2n) is 6.18. The smallest absolute Gasteiger partial charge is 0.240 e. The average molecular weight is 483 g/mol. The molecule has 6 nitrogen and oxygen atoms in total. The minimum Gasteiger partial charge on any atom is -0.324 e. The van der Waals surface area contributed by atoms with E-state index >= 15 is 0 Å². The van der Waals surface area contributed by atoms with Crippen molar-refractivity contribution in [2.24, 2.45) is 0 Å². The van der Waals surface area contributed by atoms with Crippen LogP contribution in [0.4, 0.5) is 10.1 Å². The van der Waals surface area contributed by atoms with Crippen molar-refractivity contribution in [1.82, 2.24) is 14.9 Å². The third-order valence-corrected chi connectivity index (χ3v) is 6.30. The van der Waals surface area contributed by atoms with Crippen LogP contribution < -0.4 is 10.7 Å². The topological polar surface area (TPSA) is 71.8 Å². The molecule has 1 aliphatic rings. The van der Waals surface area contributed by atoms with Gasteiger partial charge in [0.2, 0.25) is 11.1 Å². The Morgan fingerprint density at radius 2 is 2.04 bits per heavy atom. The number of aryl methyl sites for hydroxylation is 1. The van der Waals surface area contributed by atoms with Gasteiger partial charge in [-0.1, -0.05) is 51.4 Å². The van der Waals surface area contributed by atoms with Crippen molar-refractivity contribution >= 4 is 50.9 Å². The molecule has 4 rings (SSSR count). The summed E-state index contributed by atoms with van der Waals surface area (Å²) in [7, 11) is 0. The predicted molar refractivity (Wildman–Crippen MR) is 111 cm³/mol. The third kappa shape index (κ3) is 3.74. The van der Waals surface area contributed by atoms with E-state index in [9.17, 15) is 9.18 Å². The Bertz CT molecular complexity index is 1040. The van der Waals surface area contributed by atoms with Gasteiger partial charge >= 0.3 is 0 Å². The molecular weight excluding hydrogens is 469 g/mol. The number of nitrogens with zero attached hydrogens (tertiary/aromatic N) is 3. The number of carbonyl (C=O) groups is 1. The van der Waals surface area contributed by atoms with Gasteiger partial charge in [0, 0.05) is 4.47 Å². The van der Waals surface area contributed by atoms with E-state index in [1.165, 1.54) is 23.9 Å². The first-order valence-electron chi connectivity index (χ1n) is 8.29. The number of fused-ring (bicyclic) bond motifs is 1. The van der Waals surface area contributed by atoms with E-state index < -0.39 is 11.3 Å². The fraction of sp³-hybridized carbons (Fsp3) is 0.167. The molecule has 144 valence electrons. The quantitative estimate of drug-likeness (QED) is 0.573. The van der Waals surface area contributed by atoms with E-state index in [0.717, 1.165) is 10.0 Å². The molecule has 2 heterocycles. The molecule has 0 saturated heterocycles. The number of thioether (sulfide) groups is 1. The van der Waals surface area contributed by atoms with Gasteiger partial charge in [-0.15, -0.1) is 10.2 Å². The SMILES string of the molecule is Cc1nnc2n1N[C@H](c1ccc(F)cc1)[C@H](C(=O)Nc1ccc(Br)cc1Cl)S2. The molecule has 0 spiro atoms. The number of aromatic nitrogens is 3. The standard InChI is InChI=1S/C18H14BrClFN5OS/c1-9-23-24-18-26(9)25-15(10-2-5-12(21)6-3-10)16(28-18)17(27)22-14-7-4-11(19)8-13(14)20/h2-8,15-16,25H,1H3,(H,22,27)/t15-,16-/m1/s1. The zero-order valence-corrected chi connectivity index (χ0v) is 17.6. The van der Waals surface area contributed by atoms with Crippen molar-refractivity contribution in [2.45, 2.75) is 23.4 Å². The maximum atomic E-state index is 13.4. The maximum Gasteiger partial charge on any atom is 0.240 e. The van der Waals surface area contributed by atoms with Crippen LogP contribution in [-0.2, 0) is 4.79 Å². The van der Waals surface area contributed by atoms with Crippen molar-refractivity contribution in [3.05, 3.63) is 69.2 Å². The summed E-state index contributed by atoms with van der Waals surface area (Å²) in [5.41, 5.74) is 4.55. The maximum absolute atomic E-state index is 13.4. The summed E-state index contributed by atoms with van der Waals surface area (Å²) in [6, 6.07) is 10.9. The molecule has 10 heteroatoms. The molecule has 1 amide bonds. The lowest BCUT2D eigenvalue weighted by Gasteiger charge is -2.32. The van der Waals surface area contributed by atoms with Gasteiger partial charge in [0.1, 0.15) is 16.9 Å². The summed E-state index contributed by atoms with van der Waals surface area (Å²) in [4.78, 5) is 13.1. The van der Waals surface area contributed by atoms with Gasteiger partial charge in [0.25, 0.3) is 0 Å². The van der Waals surface area contributed by atoms with Crippen molar-refractivity contribution in [3.63, 3.8) is 0 Å². The van der Waals surface area contributed by atoms with Gasteiger partial charge in [-0.25, -0.2) is 9.07 Å². The van der Waals surface area contributed by atoms with Crippen molar-refractivity contribution in [1.29, 1.82) is 0 Å². The highest BCUT2D eigenvalue weighted by molar-refractivity contribution is 9.10. The van der Waals surface area contributed by atoms with Gasteiger partial charge in [-0.05, 0) is 42.8 Å². The number of anilines is 1. The van der Waals surface area contributed by atoms with E-state index in [4.69, 9.17) is 11.6 Å². The monoisotopic (exact) mass is 481 g/mol. The fourth-order valence-corrected chi connectivity index (χ4v) is 4.72. The Hall–Kier alpha value is -2.10. The fourth-order valence-electron chi connectivity index (χ4n) is 2.88. The molecule has 3 aromatic rings. The number of carbonyl (C=O) groups excluding carboxylic acids is 1. The lowest BCUT2D eigenvalue weighted by molar-refractivity contribution is -0.116. The van der Waals surface area contributed by atoms with Crippen molar-refractivity contribution < 1.29 is 9.18 Å². The van der Waals surface area contributed by atoms with Crippen LogP contribution in [0.1, 0.15) is 17.4 Å². The van der Waals surface area contributed by atoms with Crippen LogP contribution in [0, 0.1) is 12.7 Å². The molecule has 0 fully saturated rings. The number of halogens is 3. The van der Waals surface area contributed by atoms with Crippen LogP contribution >= 0.6 is 39.3 Å². The largest absolute Gasteiger partial charge is 0.324 e. The molecule has 0 saturated carbocycles. The van der Waals surface area contributed by atoms with Crippen molar-refractivity contribution in [2.75, 3.05) is 10.7 Å². The molecule has 0 bridgehead atoms. The molecular formula is C18H14BrClFN5OS. The molecule has 1 aromatic heterocycles. The van der Waals surface area contributed by atoms with Gasteiger partial charge in [-0.2, -0.15) is 0 Å². The van der Waals surface area contributed by atoms with E-state index in [1.807, 2.05) is 6.92 Å². The second-order valence-corrected chi connectivity index (χ2v) is 8.61. The van der Waals surface area contributed by atoms with Gasteiger partial charge in [-0.3, -0.25) is 4.79 Å². The summed E-state index contributed by atoms with van der Waals surface area (Å²) >= 11 is 10.9. The minimum atomic E-state index is -0.568. The first kappa shape index (κ1) is 19.2. The van der Waals surface area contributed by atoms with E-state index in [0.29, 0.717) is 21.7 Å². The lowest BCUT2D eigenvalue weighted by Crippen LogP contribution is -2.41. The number of hydrogen-bond donors (Lipinski definition) is 2. The molecule has 0 aliphatic carbocycles. The number of hydrogen-bond acceptors (Lipinski definition) is 5. The zero-order valence-electron chi connectivity index (χ0n) is 14.5. The zero-order chi connectivity index (χ0) is 19.8. The van der Waals surface area contributed by atoms with Gasteiger partial charge in [0.15, 0.2) is 0 Å². The van der Waals surface area contributed by atoms with Crippen LogP contribution in [0.5, 0.6) is 0 Å². The minimum absolute atomic E-state index is 0.247.